The van der Waals surface area contributed by atoms with Crippen LogP contribution >= 0.6 is 0 Å². The van der Waals surface area contributed by atoms with Crippen LogP contribution in [0.5, 0.6) is 0 Å². The predicted octanol–water partition coefficient (Wildman–Crippen LogP) is 2.68. The Labute approximate surface area is 108 Å². The first-order valence-electron chi connectivity index (χ1n) is 6.19. The summed E-state index contributed by atoms with van der Waals surface area (Å²) in [5.74, 6) is 1.97. The normalized spacial score (nSPS) is 11.1. The van der Waals surface area contributed by atoms with Crippen molar-refractivity contribution in [2.24, 2.45) is 5.73 Å². The Kier molecular flexibility index (Phi) is 4.18. The SMILES string of the molecule is Cc1ccc(CN(C)Cc2cccc(CN)c2)o1. The van der Waals surface area contributed by atoms with E-state index in [1.807, 2.05) is 19.1 Å². The van der Waals surface area contributed by atoms with Crippen LogP contribution in [0.15, 0.2) is 40.8 Å². The molecule has 0 radical (unpaired) electrons. The van der Waals surface area contributed by atoms with Crippen LogP contribution in [0.25, 0.3) is 0 Å². The van der Waals surface area contributed by atoms with Gasteiger partial charge in [0.2, 0.25) is 0 Å². The number of hydrogen-bond acceptors (Lipinski definition) is 3. The number of benzene rings is 1. The quantitative estimate of drug-likeness (QED) is 0.879. The maximum atomic E-state index is 5.65. The smallest absolute Gasteiger partial charge is 0.118 e. The highest BCUT2D eigenvalue weighted by atomic mass is 16.3. The molecular weight excluding hydrogens is 224 g/mol. The summed E-state index contributed by atoms with van der Waals surface area (Å²) in [6.07, 6.45) is 0. The maximum absolute atomic E-state index is 5.65. The van der Waals surface area contributed by atoms with Crippen LogP contribution in [0.2, 0.25) is 0 Å². The zero-order valence-corrected chi connectivity index (χ0v) is 11.0. The molecular formula is C15H20N2O. The molecule has 96 valence electrons. The van der Waals surface area contributed by atoms with Gasteiger partial charge in [-0.3, -0.25) is 4.90 Å². The van der Waals surface area contributed by atoms with Crippen molar-refractivity contribution < 1.29 is 4.42 Å². The number of rotatable bonds is 5. The number of aryl methyl sites for hydroxylation is 1. The van der Waals surface area contributed by atoms with Crippen molar-refractivity contribution in [2.75, 3.05) is 7.05 Å². The molecule has 1 aromatic heterocycles. The van der Waals surface area contributed by atoms with Gasteiger partial charge in [0.1, 0.15) is 11.5 Å². The van der Waals surface area contributed by atoms with Crippen molar-refractivity contribution in [1.29, 1.82) is 0 Å². The summed E-state index contributed by atoms with van der Waals surface area (Å²) in [6.45, 7) is 4.28. The molecule has 2 aromatic rings. The van der Waals surface area contributed by atoms with Gasteiger partial charge in [0.05, 0.1) is 6.54 Å². The molecule has 2 rings (SSSR count). The van der Waals surface area contributed by atoms with Gasteiger partial charge in [0.15, 0.2) is 0 Å². The van der Waals surface area contributed by atoms with Crippen LogP contribution < -0.4 is 5.73 Å². The number of nitrogens with two attached hydrogens (primary N) is 1. The summed E-state index contributed by atoms with van der Waals surface area (Å²) in [7, 11) is 2.09. The van der Waals surface area contributed by atoms with Gasteiger partial charge in [-0.1, -0.05) is 24.3 Å². The van der Waals surface area contributed by atoms with E-state index in [1.54, 1.807) is 0 Å². The zero-order chi connectivity index (χ0) is 13.0. The molecule has 2 N–H and O–H groups in total. The highest BCUT2D eigenvalue weighted by Gasteiger charge is 2.05. The van der Waals surface area contributed by atoms with Crippen molar-refractivity contribution >= 4 is 0 Å². The maximum Gasteiger partial charge on any atom is 0.118 e. The lowest BCUT2D eigenvalue weighted by Gasteiger charge is -2.15. The Morgan fingerprint density at radius 3 is 2.56 bits per heavy atom. The van der Waals surface area contributed by atoms with Gasteiger partial charge in [-0.25, -0.2) is 0 Å². The number of nitrogens with zero attached hydrogens (tertiary/aromatic N) is 1. The second-order valence-corrected chi connectivity index (χ2v) is 4.71. The van der Waals surface area contributed by atoms with Crippen LogP contribution in [0.1, 0.15) is 22.6 Å². The fourth-order valence-electron chi connectivity index (χ4n) is 2.06. The largest absolute Gasteiger partial charge is 0.465 e. The third-order valence-corrected chi connectivity index (χ3v) is 2.90. The monoisotopic (exact) mass is 244 g/mol. The van der Waals surface area contributed by atoms with Gasteiger partial charge in [0.25, 0.3) is 0 Å². The Morgan fingerprint density at radius 2 is 1.89 bits per heavy atom. The number of hydrogen-bond donors (Lipinski definition) is 1. The van der Waals surface area contributed by atoms with Crippen LogP contribution in [-0.4, -0.2) is 11.9 Å². The highest BCUT2D eigenvalue weighted by molar-refractivity contribution is 5.23. The summed E-state index contributed by atoms with van der Waals surface area (Å²) < 4.78 is 5.58. The minimum Gasteiger partial charge on any atom is -0.465 e. The second-order valence-electron chi connectivity index (χ2n) is 4.71. The Bertz CT molecular complexity index is 505. The van der Waals surface area contributed by atoms with Crippen molar-refractivity contribution in [3.05, 3.63) is 59.0 Å². The molecule has 0 unspecified atom stereocenters. The summed E-state index contributed by atoms with van der Waals surface area (Å²) in [6, 6.07) is 12.4. The molecule has 1 aromatic carbocycles. The standard InChI is InChI=1S/C15H20N2O/c1-12-6-7-15(18-12)11-17(2)10-14-5-3-4-13(8-14)9-16/h3-8H,9-11,16H2,1-2H3. The van der Waals surface area contributed by atoms with Gasteiger partial charge < -0.3 is 10.2 Å². The van der Waals surface area contributed by atoms with Gasteiger partial charge in [0, 0.05) is 13.1 Å². The summed E-state index contributed by atoms with van der Waals surface area (Å²) in [5.41, 5.74) is 8.10. The molecule has 0 aliphatic heterocycles. The first-order chi connectivity index (χ1) is 8.67. The summed E-state index contributed by atoms with van der Waals surface area (Å²) >= 11 is 0. The third-order valence-electron chi connectivity index (χ3n) is 2.90. The van der Waals surface area contributed by atoms with Gasteiger partial charge in [-0.15, -0.1) is 0 Å². The Hall–Kier alpha value is -1.58. The molecule has 3 heteroatoms. The first kappa shape index (κ1) is 12.9. The Balaban J connectivity index is 1.96. The molecule has 3 nitrogen and oxygen atoms in total. The molecule has 1 heterocycles. The number of furan rings is 1. The van der Waals surface area contributed by atoms with Crippen LogP contribution in [0, 0.1) is 6.92 Å². The molecule has 0 saturated heterocycles. The molecule has 0 amide bonds. The third kappa shape index (κ3) is 3.45. The molecule has 0 aliphatic carbocycles. The van der Waals surface area contributed by atoms with Crippen LogP contribution in [0.4, 0.5) is 0 Å². The second kappa shape index (κ2) is 5.85. The van der Waals surface area contributed by atoms with Crippen molar-refractivity contribution in [1.82, 2.24) is 4.90 Å². The van der Waals surface area contributed by atoms with Crippen molar-refractivity contribution in [3.63, 3.8) is 0 Å². The molecule has 0 spiro atoms. The van der Waals surface area contributed by atoms with Crippen LogP contribution in [0.3, 0.4) is 0 Å². The summed E-state index contributed by atoms with van der Waals surface area (Å²) in [5, 5.41) is 0. The minimum absolute atomic E-state index is 0.592. The lowest BCUT2D eigenvalue weighted by atomic mass is 10.1. The molecule has 18 heavy (non-hydrogen) atoms. The fourth-order valence-corrected chi connectivity index (χ4v) is 2.06. The molecule has 0 fully saturated rings. The minimum atomic E-state index is 0.592. The molecule has 0 atom stereocenters. The molecule has 0 aliphatic rings. The van der Waals surface area contributed by atoms with Gasteiger partial charge in [-0.2, -0.15) is 0 Å². The van der Waals surface area contributed by atoms with Crippen LogP contribution in [-0.2, 0) is 19.6 Å². The first-order valence-corrected chi connectivity index (χ1v) is 6.19. The van der Waals surface area contributed by atoms with E-state index in [1.165, 1.54) is 11.1 Å². The average molecular weight is 244 g/mol. The lowest BCUT2D eigenvalue weighted by molar-refractivity contribution is 0.285. The van der Waals surface area contributed by atoms with E-state index in [2.05, 4.69) is 36.2 Å². The van der Waals surface area contributed by atoms with E-state index in [-0.39, 0.29) is 0 Å². The van der Waals surface area contributed by atoms with E-state index >= 15 is 0 Å². The van der Waals surface area contributed by atoms with Crippen molar-refractivity contribution in [2.45, 2.75) is 26.6 Å². The highest BCUT2D eigenvalue weighted by Crippen LogP contribution is 2.12. The zero-order valence-electron chi connectivity index (χ0n) is 11.0. The molecule has 0 saturated carbocycles. The molecule has 0 bridgehead atoms. The van der Waals surface area contributed by atoms with E-state index in [0.717, 1.165) is 24.6 Å². The van der Waals surface area contributed by atoms with E-state index in [9.17, 15) is 0 Å². The summed E-state index contributed by atoms with van der Waals surface area (Å²) in [4.78, 5) is 2.23. The van der Waals surface area contributed by atoms with E-state index < -0.39 is 0 Å². The predicted molar refractivity (Wildman–Crippen MR) is 72.9 cm³/mol. The van der Waals surface area contributed by atoms with E-state index in [0.29, 0.717) is 6.54 Å². The topological polar surface area (TPSA) is 42.4 Å². The lowest BCUT2D eigenvalue weighted by Crippen LogP contribution is -2.17. The van der Waals surface area contributed by atoms with Gasteiger partial charge >= 0.3 is 0 Å². The fraction of sp³-hybridized carbons (Fsp3) is 0.333. The Morgan fingerprint density at radius 1 is 1.11 bits per heavy atom. The van der Waals surface area contributed by atoms with Gasteiger partial charge in [-0.05, 0) is 37.2 Å². The van der Waals surface area contributed by atoms with Crippen molar-refractivity contribution in [3.8, 4) is 0 Å². The van der Waals surface area contributed by atoms with E-state index in [4.69, 9.17) is 10.2 Å². The average Bonchev–Trinajstić information content (AvgIpc) is 2.74.